The van der Waals surface area contributed by atoms with Crippen molar-refractivity contribution < 1.29 is 9.47 Å². The van der Waals surface area contributed by atoms with E-state index in [1.807, 2.05) is 53.7 Å². The van der Waals surface area contributed by atoms with Crippen LogP contribution in [0.15, 0.2) is 24.3 Å². The minimum atomic E-state index is 0.338. The van der Waals surface area contributed by atoms with Crippen LogP contribution in [0.25, 0.3) is 0 Å². The van der Waals surface area contributed by atoms with Crippen molar-refractivity contribution in [3.8, 4) is 5.75 Å². The second-order valence-corrected chi connectivity index (χ2v) is 3.66. The molecule has 2 nitrogen and oxygen atoms in total. The van der Waals surface area contributed by atoms with Crippen LogP contribution in [0.5, 0.6) is 5.75 Å². The van der Waals surface area contributed by atoms with Crippen LogP contribution in [-0.4, -0.2) is 19.3 Å². The average Bonchev–Trinajstić information content (AvgIpc) is 3.37. The Hall–Kier alpha value is -1.02. The zero-order valence-corrected chi connectivity index (χ0v) is 14.5. The Morgan fingerprint density at radius 2 is 1.50 bits per heavy atom. The van der Waals surface area contributed by atoms with Crippen molar-refractivity contribution in [2.45, 2.75) is 67.4 Å². The van der Waals surface area contributed by atoms with Crippen LogP contribution in [0.2, 0.25) is 0 Å². The topological polar surface area (TPSA) is 21.8 Å². The molecule has 1 aromatic rings. The summed E-state index contributed by atoms with van der Waals surface area (Å²) in [5, 5.41) is 0. The standard InChI is InChI=1S/C12H16O2.3C2H6/c1-2-3-10-4-6-11(7-5-10)13-8-12-9-14-12;3*1-2/h4-7,12H,2-3,8-9H2,1H3;3*1-2H3. The third-order valence-electron chi connectivity index (χ3n) is 2.30. The van der Waals surface area contributed by atoms with Crippen molar-refractivity contribution in [3.63, 3.8) is 0 Å². The maximum atomic E-state index is 5.54. The fraction of sp³-hybridized carbons (Fsp3) is 0.667. The molecular weight excluding hydrogens is 248 g/mol. The summed E-state index contributed by atoms with van der Waals surface area (Å²) in [6.07, 6.45) is 2.67. The summed E-state index contributed by atoms with van der Waals surface area (Å²) in [5.41, 5.74) is 1.38. The lowest BCUT2D eigenvalue weighted by Gasteiger charge is -2.04. The molecule has 1 aromatic carbocycles. The van der Waals surface area contributed by atoms with Crippen LogP contribution in [0.4, 0.5) is 0 Å². The predicted octanol–water partition coefficient (Wildman–Crippen LogP) is 5.50. The Labute approximate surface area is 126 Å². The van der Waals surface area contributed by atoms with Crippen molar-refractivity contribution in [1.82, 2.24) is 0 Å². The van der Waals surface area contributed by atoms with E-state index < -0.39 is 0 Å². The van der Waals surface area contributed by atoms with Gasteiger partial charge in [0, 0.05) is 0 Å². The third-order valence-corrected chi connectivity index (χ3v) is 2.30. The van der Waals surface area contributed by atoms with Crippen LogP contribution < -0.4 is 4.74 Å². The first-order valence-corrected chi connectivity index (χ1v) is 8.22. The van der Waals surface area contributed by atoms with Gasteiger partial charge in [0.25, 0.3) is 0 Å². The molecule has 0 radical (unpaired) electrons. The Balaban J connectivity index is 0. The lowest BCUT2D eigenvalue weighted by molar-refractivity contribution is 0.263. The molecule has 0 aliphatic carbocycles. The Morgan fingerprint density at radius 1 is 1.00 bits per heavy atom. The molecule has 1 saturated heterocycles. The van der Waals surface area contributed by atoms with Crippen LogP contribution in [-0.2, 0) is 11.2 Å². The van der Waals surface area contributed by atoms with Gasteiger partial charge in [0.1, 0.15) is 18.5 Å². The van der Waals surface area contributed by atoms with Gasteiger partial charge in [0.05, 0.1) is 6.61 Å². The summed E-state index contributed by atoms with van der Waals surface area (Å²) in [4.78, 5) is 0. The van der Waals surface area contributed by atoms with Gasteiger partial charge in [-0.1, -0.05) is 67.0 Å². The third kappa shape index (κ3) is 10.9. The fourth-order valence-corrected chi connectivity index (χ4v) is 1.39. The zero-order chi connectivity index (χ0) is 15.8. The number of benzene rings is 1. The molecule has 0 N–H and O–H groups in total. The molecule has 1 fully saturated rings. The highest BCUT2D eigenvalue weighted by atomic mass is 16.6. The molecule has 0 aromatic heterocycles. The number of ether oxygens (including phenoxy) is 2. The molecule has 0 spiro atoms. The van der Waals surface area contributed by atoms with Gasteiger partial charge >= 0.3 is 0 Å². The molecule has 1 unspecified atom stereocenters. The lowest BCUT2D eigenvalue weighted by Crippen LogP contribution is -2.03. The van der Waals surface area contributed by atoms with Crippen molar-refractivity contribution in [1.29, 1.82) is 0 Å². The molecule has 20 heavy (non-hydrogen) atoms. The van der Waals surface area contributed by atoms with Crippen LogP contribution in [0.3, 0.4) is 0 Å². The summed E-state index contributed by atoms with van der Waals surface area (Å²) in [6.45, 7) is 15.7. The second-order valence-electron chi connectivity index (χ2n) is 3.66. The van der Waals surface area contributed by atoms with Crippen LogP contribution in [0, 0.1) is 0 Å². The summed E-state index contributed by atoms with van der Waals surface area (Å²) in [7, 11) is 0. The van der Waals surface area contributed by atoms with Crippen molar-refractivity contribution in [2.75, 3.05) is 13.2 Å². The molecule has 118 valence electrons. The monoisotopic (exact) mass is 282 g/mol. The van der Waals surface area contributed by atoms with Gasteiger partial charge in [-0.15, -0.1) is 0 Å². The van der Waals surface area contributed by atoms with E-state index in [0.29, 0.717) is 12.7 Å². The van der Waals surface area contributed by atoms with E-state index in [2.05, 4.69) is 19.1 Å². The first-order chi connectivity index (χ1) is 9.88. The molecule has 0 bridgehead atoms. The number of hydrogen-bond acceptors (Lipinski definition) is 2. The van der Waals surface area contributed by atoms with Crippen molar-refractivity contribution in [2.24, 2.45) is 0 Å². The number of epoxide rings is 1. The highest BCUT2D eigenvalue weighted by molar-refractivity contribution is 5.27. The van der Waals surface area contributed by atoms with E-state index in [1.165, 1.54) is 12.0 Å². The summed E-state index contributed by atoms with van der Waals surface area (Å²) in [5.74, 6) is 0.945. The van der Waals surface area contributed by atoms with E-state index >= 15 is 0 Å². The molecule has 1 aliphatic heterocycles. The van der Waals surface area contributed by atoms with E-state index in [-0.39, 0.29) is 0 Å². The Kier molecular flexibility index (Phi) is 17.1. The highest BCUT2D eigenvalue weighted by Gasteiger charge is 2.22. The molecule has 0 amide bonds. The van der Waals surface area contributed by atoms with Gasteiger partial charge < -0.3 is 9.47 Å². The minimum Gasteiger partial charge on any atom is -0.491 e. The van der Waals surface area contributed by atoms with E-state index in [9.17, 15) is 0 Å². The van der Waals surface area contributed by atoms with Crippen LogP contribution >= 0.6 is 0 Å². The maximum Gasteiger partial charge on any atom is 0.119 e. The normalized spacial score (nSPS) is 14.4. The van der Waals surface area contributed by atoms with Gasteiger partial charge in [-0.3, -0.25) is 0 Å². The molecule has 2 rings (SSSR count). The summed E-state index contributed by atoms with van der Waals surface area (Å²) < 4.78 is 10.6. The van der Waals surface area contributed by atoms with Gasteiger partial charge in [-0.25, -0.2) is 0 Å². The molecule has 1 aliphatic rings. The summed E-state index contributed by atoms with van der Waals surface area (Å²) in [6, 6.07) is 8.33. The van der Waals surface area contributed by atoms with Crippen LogP contribution in [0.1, 0.15) is 60.5 Å². The first kappa shape index (κ1) is 21.3. The van der Waals surface area contributed by atoms with Crippen molar-refractivity contribution >= 4 is 0 Å². The fourth-order valence-electron chi connectivity index (χ4n) is 1.39. The minimum absolute atomic E-state index is 0.338. The Bertz CT molecular complexity index is 276. The first-order valence-electron chi connectivity index (χ1n) is 8.22. The van der Waals surface area contributed by atoms with E-state index in [4.69, 9.17) is 9.47 Å². The average molecular weight is 282 g/mol. The second kappa shape index (κ2) is 16.0. The predicted molar refractivity (Wildman–Crippen MR) is 89.7 cm³/mol. The SMILES string of the molecule is CC.CC.CC.CCCc1ccc(OCC2CO2)cc1. The van der Waals surface area contributed by atoms with Gasteiger partial charge in [-0.05, 0) is 24.1 Å². The molecule has 2 heteroatoms. The smallest absolute Gasteiger partial charge is 0.119 e. The zero-order valence-electron chi connectivity index (χ0n) is 14.5. The summed E-state index contributed by atoms with van der Waals surface area (Å²) >= 11 is 0. The molecule has 1 heterocycles. The number of hydrogen-bond donors (Lipinski definition) is 0. The quantitative estimate of drug-likeness (QED) is 0.666. The Morgan fingerprint density at radius 3 is 1.90 bits per heavy atom. The number of aryl methyl sites for hydroxylation is 1. The maximum absolute atomic E-state index is 5.54. The van der Waals surface area contributed by atoms with E-state index in [0.717, 1.165) is 18.8 Å². The molecule has 1 atom stereocenters. The molecule has 0 saturated carbocycles. The van der Waals surface area contributed by atoms with Gasteiger partial charge in [0.2, 0.25) is 0 Å². The van der Waals surface area contributed by atoms with E-state index in [1.54, 1.807) is 0 Å². The highest BCUT2D eigenvalue weighted by Crippen LogP contribution is 2.16. The lowest BCUT2D eigenvalue weighted by atomic mass is 10.1. The number of rotatable bonds is 5. The van der Waals surface area contributed by atoms with Crippen molar-refractivity contribution in [3.05, 3.63) is 29.8 Å². The molecular formula is C18H34O2. The van der Waals surface area contributed by atoms with Gasteiger partial charge in [0.15, 0.2) is 0 Å². The largest absolute Gasteiger partial charge is 0.491 e. The van der Waals surface area contributed by atoms with Gasteiger partial charge in [-0.2, -0.15) is 0 Å².